The minimum absolute atomic E-state index is 0.248. The van der Waals surface area contributed by atoms with Crippen molar-refractivity contribution in [1.82, 2.24) is 0 Å². The van der Waals surface area contributed by atoms with E-state index in [1.165, 1.54) is 0 Å². The van der Waals surface area contributed by atoms with Gasteiger partial charge in [-0.25, -0.2) is 0 Å². The molecule has 0 spiro atoms. The molecule has 1 aliphatic rings. The van der Waals surface area contributed by atoms with Crippen LogP contribution in [0.5, 0.6) is 0 Å². The largest absolute Gasteiger partial charge is 0.390 e. The van der Waals surface area contributed by atoms with Gasteiger partial charge >= 0.3 is 0 Å². The molecular weight excluding hydrogens is 152 g/mol. The van der Waals surface area contributed by atoms with Gasteiger partial charge in [-0.1, -0.05) is 24.8 Å². The molecule has 68 valence electrons. The lowest BCUT2D eigenvalue weighted by Crippen LogP contribution is -2.17. The van der Waals surface area contributed by atoms with E-state index in [-0.39, 0.29) is 6.10 Å². The van der Waals surface area contributed by atoms with Gasteiger partial charge in [0.25, 0.3) is 0 Å². The highest BCUT2D eigenvalue weighted by Crippen LogP contribution is 2.18. The van der Waals surface area contributed by atoms with E-state index >= 15 is 0 Å². The van der Waals surface area contributed by atoms with E-state index in [0.29, 0.717) is 19.1 Å². The second kappa shape index (κ2) is 5.12. The van der Waals surface area contributed by atoms with Gasteiger partial charge in [0.05, 0.1) is 19.3 Å². The standard InChI is InChI=1S/C10H16O2/c1-2-3-4-5-6-9-7-12-8-10(9)11/h2-4,9-11H,1,5-8H2/b4-3+. The molecule has 1 heterocycles. The Kier molecular flexibility index (Phi) is 4.05. The molecule has 0 aromatic carbocycles. The Morgan fingerprint density at radius 3 is 2.92 bits per heavy atom. The number of hydrogen-bond acceptors (Lipinski definition) is 2. The third-order valence-corrected chi connectivity index (χ3v) is 2.14. The molecule has 2 atom stereocenters. The SMILES string of the molecule is C=C/C=C/CCC1COCC1O. The van der Waals surface area contributed by atoms with Crippen LogP contribution in [0.4, 0.5) is 0 Å². The highest BCUT2D eigenvalue weighted by Gasteiger charge is 2.24. The van der Waals surface area contributed by atoms with Crippen LogP contribution in [0, 0.1) is 5.92 Å². The lowest BCUT2D eigenvalue weighted by molar-refractivity contribution is 0.117. The zero-order valence-corrected chi connectivity index (χ0v) is 7.28. The van der Waals surface area contributed by atoms with Crippen LogP contribution in [-0.4, -0.2) is 24.4 Å². The fourth-order valence-electron chi connectivity index (χ4n) is 1.37. The minimum atomic E-state index is -0.248. The van der Waals surface area contributed by atoms with Gasteiger partial charge in [0, 0.05) is 5.92 Å². The third kappa shape index (κ3) is 2.80. The van der Waals surface area contributed by atoms with Crippen molar-refractivity contribution in [1.29, 1.82) is 0 Å². The van der Waals surface area contributed by atoms with Crippen LogP contribution in [0.15, 0.2) is 24.8 Å². The summed E-state index contributed by atoms with van der Waals surface area (Å²) in [5.74, 6) is 0.333. The number of aliphatic hydroxyl groups is 1. The van der Waals surface area contributed by atoms with E-state index < -0.39 is 0 Å². The predicted octanol–water partition coefficient (Wildman–Crippen LogP) is 1.52. The summed E-state index contributed by atoms with van der Waals surface area (Å²) >= 11 is 0. The fraction of sp³-hybridized carbons (Fsp3) is 0.600. The van der Waals surface area contributed by atoms with E-state index in [0.717, 1.165) is 12.8 Å². The Balaban J connectivity index is 2.13. The molecule has 0 aliphatic carbocycles. The van der Waals surface area contributed by atoms with E-state index in [9.17, 15) is 5.11 Å². The van der Waals surface area contributed by atoms with Gasteiger partial charge in [0.1, 0.15) is 0 Å². The maximum Gasteiger partial charge on any atom is 0.0823 e. The Morgan fingerprint density at radius 1 is 1.50 bits per heavy atom. The van der Waals surface area contributed by atoms with Gasteiger partial charge in [0.15, 0.2) is 0 Å². The molecule has 0 saturated carbocycles. The summed E-state index contributed by atoms with van der Waals surface area (Å²) < 4.78 is 5.13. The summed E-state index contributed by atoms with van der Waals surface area (Å²) in [4.78, 5) is 0. The summed E-state index contributed by atoms with van der Waals surface area (Å²) in [6.07, 6.45) is 7.52. The van der Waals surface area contributed by atoms with Crippen molar-refractivity contribution in [3.05, 3.63) is 24.8 Å². The number of rotatable bonds is 4. The number of hydrogen-bond donors (Lipinski definition) is 1. The van der Waals surface area contributed by atoms with Crippen LogP contribution in [0.3, 0.4) is 0 Å². The molecule has 0 radical (unpaired) electrons. The first-order valence-electron chi connectivity index (χ1n) is 4.38. The zero-order valence-electron chi connectivity index (χ0n) is 7.28. The van der Waals surface area contributed by atoms with Crippen molar-refractivity contribution in [2.24, 2.45) is 5.92 Å². The summed E-state index contributed by atoms with van der Waals surface area (Å²) in [5.41, 5.74) is 0. The summed E-state index contributed by atoms with van der Waals surface area (Å²) in [5, 5.41) is 9.38. The fourth-order valence-corrected chi connectivity index (χ4v) is 1.37. The zero-order chi connectivity index (χ0) is 8.81. The normalized spacial score (nSPS) is 29.8. The third-order valence-electron chi connectivity index (χ3n) is 2.14. The number of aliphatic hydroxyl groups excluding tert-OH is 1. The number of allylic oxidation sites excluding steroid dienone is 3. The lowest BCUT2D eigenvalue weighted by Gasteiger charge is -2.09. The van der Waals surface area contributed by atoms with Crippen LogP contribution in [0.1, 0.15) is 12.8 Å². The van der Waals surface area contributed by atoms with Crippen LogP contribution in [0.2, 0.25) is 0 Å². The summed E-state index contributed by atoms with van der Waals surface area (Å²) in [7, 11) is 0. The van der Waals surface area contributed by atoms with Gasteiger partial charge in [-0.15, -0.1) is 0 Å². The first kappa shape index (κ1) is 9.49. The average molecular weight is 168 g/mol. The Morgan fingerprint density at radius 2 is 2.33 bits per heavy atom. The monoisotopic (exact) mass is 168 g/mol. The quantitative estimate of drug-likeness (QED) is 0.645. The molecule has 12 heavy (non-hydrogen) atoms. The Hall–Kier alpha value is -0.600. The van der Waals surface area contributed by atoms with E-state index in [1.807, 2.05) is 6.08 Å². The van der Waals surface area contributed by atoms with Gasteiger partial charge < -0.3 is 9.84 Å². The van der Waals surface area contributed by atoms with Crippen molar-refractivity contribution in [2.45, 2.75) is 18.9 Å². The Bertz CT molecular complexity index is 163. The van der Waals surface area contributed by atoms with Gasteiger partial charge in [0.2, 0.25) is 0 Å². The second-order valence-corrected chi connectivity index (χ2v) is 3.11. The molecule has 2 unspecified atom stereocenters. The topological polar surface area (TPSA) is 29.5 Å². The van der Waals surface area contributed by atoms with Crippen molar-refractivity contribution in [3.63, 3.8) is 0 Å². The van der Waals surface area contributed by atoms with Crippen LogP contribution >= 0.6 is 0 Å². The molecule has 2 nitrogen and oxygen atoms in total. The molecule has 1 saturated heterocycles. The van der Waals surface area contributed by atoms with Crippen molar-refractivity contribution in [2.75, 3.05) is 13.2 Å². The van der Waals surface area contributed by atoms with Crippen LogP contribution < -0.4 is 0 Å². The van der Waals surface area contributed by atoms with E-state index in [1.54, 1.807) is 6.08 Å². The van der Waals surface area contributed by atoms with Crippen molar-refractivity contribution < 1.29 is 9.84 Å². The van der Waals surface area contributed by atoms with E-state index in [4.69, 9.17) is 4.74 Å². The number of ether oxygens (including phenoxy) is 1. The highest BCUT2D eigenvalue weighted by atomic mass is 16.5. The summed E-state index contributed by atoms with van der Waals surface area (Å²) in [6.45, 7) is 4.81. The maximum atomic E-state index is 9.38. The first-order chi connectivity index (χ1) is 5.84. The smallest absolute Gasteiger partial charge is 0.0823 e. The minimum Gasteiger partial charge on any atom is -0.390 e. The van der Waals surface area contributed by atoms with Crippen LogP contribution in [0.25, 0.3) is 0 Å². The van der Waals surface area contributed by atoms with Crippen LogP contribution in [-0.2, 0) is 4.74 Å². The molecule has 0 aromatic rings. The molecular formula is C10H16O2. The average Bonchev–Trinajstić information content (AvgIpc) is 2.46. The molecule has 1 fully saturated rings. The maximum absolute atomic E-state index is 9.38. The van der Waals surface area contributed by atoms with Crippen molar-refractivity contribution >= 4 is 0 Å². The molecule has 1 rings (SSSR count). The second-order valence-electron chi connectivity index (χ2n) is 3.11. The first-order valence-corrected chi connectivity index (χ1v) is 4.38. The van der Waals surface area contributed by atoms with Crippen molar-refractivity contribution in [3.8, 4) is 0 Å². The molecule has 2 heteroatoms. The molecule has 1 N–H and O–H groups in total. The Labute approximate surface area is 73.5 Å². The van der Waals surface area contributed by atoms with Gasteiger partial charge in [-0.05, 0) is 12.8 Å². The summed E-state index contributed by atoms with van der Waals surface area (Å²) in [6, 6.07) is 0. The highest BCUT2D eigenvalue weighted by molar-refractivity contribution is 4.97. The van der Waals surface area contributed by atoms with E-state index in [2.05, 4.69) is 12.7 Å². The predicted molar refractivity (Wildman–Crippen MR) is 48.9 cm³/mol. The van der Waals surface area contributed by atoms with Gasteiger partial charge in [-0.2, -0.15) is 0 Å². The lowest BCUT2D eigenvalue weighted by atomic mass is 10.0. The molecule has 0 aromatic heterocycles. The molecule has 0 bridgehead atoms. The van der Waals surface area contributed by atoms with Gasteiger partial charge in [-0.3, -0.25) is 0 Å². The molecule has 1 aliphatic heterocycles. The molecule has 0 amide bonds.